The molecule has 0 radical (unpaired) electrons. The lowest BCUT2D eigenvalue weighted by atomic mass is 9.92. The molecule has 5 nitrogen and oxygen atoms in total. The number of para-hydroxylation sites is 1. The zero-order chi connectivity index (χ0) is 33.4. The first-order valence-corrected chi connectivity index (χ1v) is 16.7. The summed E-state index contributed by atoms with van der Waals surface area (Å²) in [5.41, 5.74) is 14.3. The minimum atomic E-state index is 0.373. The van der Waals surface area contributed by atoms with Gasteiger partial charge in [0.25, 0.3) is 0 Å². The van der Waals surface area contributed by atoms with Crippen LogP contribution in [0.1, 0.15) is 22.8 Å². The summed E-state index contributed by atoms with van der Waals surface area (Å²) < 4.78 is 2.32. The van der Waals surface area contributed by atoms with Crippen molar-refractivity contribution in [1.29, 1.82) is 0 Å². The molecule has 0 saturated carbocycles. The van der Waals surface area contributed by atoms with Crippen LogP contribution in [-0.4, -0.2) is 25.5 Å². The van der Waals surface area contributed by atoms with E-state index in [1.807, 2.05) is 60.7 Å². The van der Waals surface area contributed by atoms with Gasteiger partial charge < -0.3 is 9.55 Å². The first kappa shape index (κ1) is 29.3. The highest BCUT2D eigenvalue weighted by atomic mass is 16.1. The lowest BCUT2D eigenvalue weighted by Crippen LogP contribution is -1.98. The summed E-state index contributed by atoms with van der Waals surface area (Å²) in [5.74, 6) is 2.30. The monoisotopic (exact) mass is 642 g/mol. The summed E-state index contributed by atoms with van der Waals surface area (Å²) in [5, 5.41) is 0. The fourth-order valence-electron chi connectivity index (χ4n) is 7.10. The minimum Gasteiger partial charge on any atom is -0.355 e. The van der Waals surface area contributed by atoms with Gasteiger partial charge in [-0.1, -0.05) is 109 Å². The predicted octanol–water partition coefficient (Wildman–Crippen LogP) is 10.4. The van der Waals surface area contributed by atoms with Crippen LogP contribution in [0.3, 0.4) is 0 Å². The Bertz CT molecular complexity index is 2650. The van der Waals surface area contributed by atoms with E-state index in [1.54, 1.807) is 0 Å². The van der Waals surface area contributed by atoms with Crippen molar-refractivity contribution in [3.63, 3.8) is 0 Å². The Morgan fingerprint density at radius 2 is 1.10 bits per heavy atom. The molecule has 0 fully saturated rings. The molecule has 1 N–H and O–H groups in total. The summed E-state index contributed by atoms with van der Waals surface area (Å²) >= 11 is 0. The molecule has 7 aromatic rings. The van der Waals surface area contributed by atoms with Gasteiger partial charge in [-0.25, -0.2) is 9.78 Å². The molecule has 236 valence electrons. The zero-order valence-electron chi connectivity index (χ0n) is 27.0. The molecular formula is C45H30N4O. The SMILES string of the molecule is O=C=C1Cc2cc3ccc(cc4nc(cc5c(-c6ccccc6)c(-c6ccccc6)c(c(-c6ccccc6)c1n2)n5-c1ccccc1)C=C4)[nH]3. The highest BCUT2D eigenvalue weighted by Gasteiger charge is 2.28. The van der Waals surface area contributed by atoms with Crippen molar-refractivity contribution in [1.82, 2.24) is 19.5 Å². The van der Waals surface area contributed by atoms with Crippen molar-refractivity contribution < 1.29 is 4.79 Å². The van der Waals surface area contributed by atoms with E-state index in [2.05, 4.69) is 119 Å². The van der Waals surface area contributed by atoms with E-state index >= 15 is 0 Å². The average molecular weight is 643 g/mol. The largest absolute Gasteiger partial charge is 0.355 e. The summed E-state index contributed by atoms with van der Waals surface area (Å²) in [6.45, 7) is 0. The van der Waals surface area contributed by atoms with Crippen molar-refractivity contribution in [3.05, 3.63) is 174 Å². The van der Waals surface area contributed by atoms with Gasteiger partial charge in [-0.15, -0.1) is 0 Å². The van der Waals surface area contributed by atoms with E-state index in [1.165, 1.54) is 0 Å². The fraction of sp³-hybridized carbons (Fsp3) is 0.0222. The number of H-pyrrole nitrogens is 1. The van der Waals surface area contributed by atoms with E-state index in [4.69, 9.17) is 9.97 Å². The van der Waals surface area contributed by atoms with Crippen molar-refractivity contribution in [3.8, 4) is 39.1 Å². The van der Waals surface area contributed by atoms with Gasteiger partial charge in [0.15, 0.2) is 0 Å². The second kappa shape index (κ2) is 12.3. The predicted molar refractivity (Wildman–Crippen MR) is 204 cm³/mol. The van der Waals surface area contributed by atoms with Gasteiger partial charge in [0.1, 0.15) is 5.94 Å². The number of allylic oxidation sites excluding steroid dienone is 1. The number of hydrogen-bond donors (Lipinski definition) is 1. The molecule has 3 aromatic heterocycles. The minimum absolute atomic E-state index is 0.373. The highest BCUT2D eigenvalue weighted by Crippen LogP contribution is 2.47. The number of nitrogens with zero attached hydrogens (tertiary/aromatic N) is 3. The molecule has 4 aromatic carbocycles. The smallest absolute Gasteiger partial charge is 0.130 e. The Labute approximate surface area is 289 Å². The van der Waals surface area contributed by atoms with Gasteiger partial charge in [-0.05, 0) is 71.3 Å². The number of fused-ring (bicyclic) bond motifs is 8. The van der Waals surface area contributed by atoms with Crippen molar-refractivity contribution >= 4 is 45.7 Å². The Morgan fingerprint density at radius 3 is 1.72 bits per heavy atom. The van der Waals surface area contributed by atoms with Crippen LogP contribution in [0.15, 0.2) is 152 Å². The van der Waals surface area contributed by atoms with Crippen LogP contribution in [-0.2, 0) is 11.2 Å². The maximum Gasteiger partial charge on any atom is 0.130 e. The quantitative estimate of drug-likeness (QED) is 0.194. The number of rotatable bonds is 4. The van der Waals surface area contributed by atoms with Gasteiger partial charge in [0.05, 0.1) is 33.7 Å². The Balaban J connectivity index is 1.64. The third kappa shape index (κ3) is 5.19. The zero-order valence-corrected chi connectivity index (χ0v) is 27.0. The third-order valence-electron chi connectivity index (χ3n) is 9.23. The van der Waals surface area contributed by atoms with E-state index in [0.29, 0.717) is 17.7 Å². The van der Waals surface area contributed by atoms with Gasteiger partial charge in [-0.3, -0.25) is 4.98 Å². The normalized spacial score (nSPS) is 12.2. The Hall–Kier alpha value is -6.81. The third-order valence-corrected chi connectivity index (χ3v) is 9.23. The standard InChI is InChI=1S/C45H30N4O/c50-29-33-25-38-27-36-22-21-34(46-36)26-35-23-24-37(47-35)28-40-41(30-13-5-1-6-14-30)42(31-15-7-2-8-16-31)45(49(40)39-19-11-4-12-20-39)43(44(33)48-38)32-17-9-3-10-18-32/h1-24,26-28,46H,25H2. The number of nitrogens with one attached hydrogen (secondary N) is 1. The number of hydrogen-bond acceptors (Lipinski definition) is 3. The molecule has 0 amide bonds. The molecule has 9 rings (SSSR count). The van der Waals surface area contributed by atoms with Crippen LogP contribution >= 0.6 is 0 Å². The summed E-state index contributed by atoms with van der Waals surface area (Å²) in [6.07, 6.45) is 4.49. The summed E-state index contributed by atoms with van der Waals surface area (Å²) in [6, 6.07) is 52.0. The molecule has 0 saturated heterocycles. The number of aromatic amines is 1. The second-order valence-corrected chi connectivity index (χ2v) is 12.4. The molecule has 0 spiro atoms. The number of benzene rings is 4. The molecule has 8 bridgehead atoms. The van der Waals surface area contributed by atoms with Crippen LogP contribution in [0.4, 0.5) is 0 Å². The van der Waals surface area contributed by atoms with E-state index in [0.717, 1.165) is 78.2 Å². The lowest BCUT2D eigenvalue weighted by molar-refractivity contribution is 0.569. The van der Waals surface area contributed by atoms with Crippen LogP contribution in [0, 0.1) is 0 Å². The second-order valence-electron chi connectivity index (χ2n) is 12.4. The number of aromatic nitrogens is 4. The van der Waals surface area contributed by atoms with Crippen molar-refractivity contribution in [2.75, 3.05) is 0 Å². The molecule has 50 heavy (non-hydrogen) atoms. The van der Waals surface area contributed by atoms with Gasteiger partial charge in [0.2, 0.25) is 0 Å². The van der Waals surface area contributed by atoms with E-state index in [-0.39, 0.29) is 0 Å². The number of carbonyl (C=O) groups excluding carboxylic acids is 1. The maximum atomic E-state index is 12.9. The molecule has 0 aliphatic carbocycles. The molecule has 0 atom stereocenters. The van der Waals surface area contributed by atoms with Crippen LogP contribution in [0.2, 0.25) is 0 Å². The van der Waals surface area contributed by atoms with Gasteiger partial charge in [-0.2, -0.15) is 0 Å². The van der Waals surface area contributed by atoms with E-state index in [9.17, 15) is 4.79 Å². The molecule has 2 aliphatic rings. The first-order valence-electron chi connectivity index (χ1n) is 16.7. The average Bonchev–Trinajstić information content (AvgIpc) is 3.97. The molecule has 5 heteroatoms. The fourth-order valence-corrected chi connectivity index (χ4v) is 7.10. The molecule has 2 aliphatic heterocycles. The summed E-state index contributed by atoms with van der Waals surface area (Å²) in [7, 11) is 0. The van der Waals surface area contributed by atoms with Crippen LogP contribution in [0.25, 0.3) is 78.9 Å². The topological polar surface area (TPSA) is 63.6 Å². The molecule has 5 heterocycles. The van der Waals surface area contributed by atoms with Crippen molar-refractivity contribution in [2.24, 2.45) is 0 Å². The highest BCUT2D eigenvalue weighted by molar-refractivity contribution is 6.11. The van der Waals surface area contributed by atoms with E-state index < -0.39 is 0 Å². The molecular weight excluding hydrogens is 613 g/mol. The van der Waals surface area contributed by atoms with Gasteiger partial charge in [0, 0.05) is 45.5 Å². The first-order chi connectivity index (χ1) is 24.7. The maximum absolute atomic E-state index is 12.9. The van der Waals surface area contributed by atoms with Crippen molar-refractivity contribution in [2.45, 2.75) is 6.42 Å². The lowest BCUT2D eigenvalue weighted by Gasteiger charge is -2.14. The van der Waals surface area contributed by atoms with Crippen LogP contribution in [0.5, 0.6) is 0 Å². The summed E-state index contributed by atoms with van der Waals surface area (Å²) in [4.78, 5) is 26.7. The molecule has 0 unspecified atom stereocenters. The Kier molecular flexibility index (Phi) is 7.24. The van der Waals surface area contributed by atoms with Gasteiger partial charge >= 0.3 is 0 Å². The Morgan fingerprint density at radius 1 is 0.560 bits per heavy atom. The van der Waals surface area contributed by atoms with Crippen LogP contribution < -0.4 is 0 Å².